The van der Waals surface area contributed by atoms with Gasteiger partial charge < -0.3 is 15.0 Å². The topological polar surface area (TPSA) is 88.6 Å². The molecule has 1 fully saturated rings. The zero-order valence-corrected chi connectivity index (χ0v) is 16.8. The number of hydrogen-bond acceptors (Lipinski definition) is 6. The first-order valence-corrected chi connectivity index (χ1v) is 10.2. The summed E-state index contributed by atoms with van der Waals surface area (Å²) >= 11 is 1.25. The lowest BCUT2D eigenvalue weighted by Crippen LogP contribution is -2.28. The molecule has 1 N–H and O–H groups in total. The van der Waals surface area contributed by atoms with Crippen molar-refractivity contribution >= 4 is 39.9 Å². The van der Waals surface area contributed by atoms with Crippen LogP contribution in [0.1, 0.15) is 31.5 Å². The summed E-state index contributed by atoms with van der Waals surface area (Å²) < 4.78 is 4.89. The van der Waals surface area contributed by atoms with Gasteiger partial charge in [-0.3, -0.25) is 14.4 Å². The number of thiazole rings is 1. The quantitative estimate of drug-likeness (QED) is 0.721. The number of aryl methyl sites for hydroxylation is 1. The van der Waals surface area contributed by atoms with E-state index in [4.69, 9.17) is 4.74 Å². The van der Waals surface area contributed by atoms with Crippen LogP contribution in [0.25, 0.3) is 0 Å². The maximum absolute atomic E-state index is 12.6. The van der Waals surface area contributed by atoms with E-state index in [0.29, 0.717) is 24.0 Å². The van der Waals surface area contributed by atoms with Crippen LogP contribution in [0.3, 0.4) is 0 Å². The van der Waals surface area contributed by atoms with Crippen molar-refractivity contribution < 1.29 is 19.1 Å². The molecule has 2 amide bonds. The van der Waals surface area contributed by atoms with Gasteiger partial charge in [-0.2, -0.15) is 0 Å². The smallest absolute Gasteiger partial charge is 0.311 e. The SMILES string of the molecule is CCOC(=O)Cc1csc(NC(=O)[C@H]2CC(=O)N(c3ccc(CC)cc3)C2)n1. The Bertz CT molecular complexity index is 863. The van der Waals surface area contributed by atoms with Crippen molar-refractivity contribution in [3.05, 3.63) is 40.9 Å². The van der Waals surface area contributed by atoms with Crippen LogP contribution in [-0.4, -0.2) is 35.9 Å². The lowest BCUT2D eigenvalue weighted by atomic mass is 10.1. The number of rotatable bonds is 7. The Morgan fingerprint density at radius 2 is 2.04 bits per heavy atom. The first-order valence-electron chi connectivity index (χ1n) is 9.30. The van der Waals surface area contributed by atoms with Gasteiger partial charge in [0.15, 0.2) is 5.13 Å². The fraction of sp³-hybridized carbons (Fsp3) is 0.400. The van der Waals surface area contributed by atoms with E-state index in [9.17, 15) is 14.4 Å². The predicted octanol–water partition coefficient (Wildman–Crippen LogP) is 2.80. The molecule has 2 heterocycles. The van der Waals surface area contributed by atoms with Gasteiger partial charge in [-0.25, -0.2) is 4.98 Å². The Balaban J connectivity index is 1.58. The minimum absolute atomic E-state index is 0.0634. The zero-order chi connectivity index (χ0) is 20.1. The molecule has 28 heavy (non-hydrogen) atoms. The standard InChI is InChI=1S/C20H23N3O4S/c1-3-13-5-7-16(8-6-13)23-11-14(9-17(23)24)19(26)22-20-21-15(12-28-20)10-18(25)27-4-2/h5-8,12,14H,3-4,9-11H2,1-2H3,(H,21,22,26)/t14-/m0/s1. The van der Waals surface area contributed by atoms with Crippen LogP contribution in [0.15, 0.2) is 29.6 Å². The molecule has 3 rings (SSSR count). The molecule has 1 aromatic carbocycles. The summed E-state index contributed by atoms with van der Waals surface area (Å²) in [6.07, 6.45) is 1.18. The highest BCUT2D eigenvalue weighted by Gasteiger charge is 2.35. The van der Waals surface area contributed by atoms with Crippen molar-refractivity contribution in [1.29, 1.82) is 0 Å². The second kappa shape index (κ2) is 8.97. The van der Waals surface area contributed by atoms with Gasteiger partial charge in [0.2, 0.25) is 11.8 Å². The molecule has 1 saturated heterocycles. The van der Waals surface area contributed by atoms with Gasteiger partial charge in [-0.1, -0.05) is 19.1 Å². The van der Waals surface area contributed by atoms with Crippen LogP contribution in [-0.2, 0) is 32.0 Å². The molecule has 0 radical (unpaired) electrons. The van der Waals surface area contributed by atoms with Crippen LogP contribution in [0.2, 0.25) is 0 Å². The number of esters is 1. The van der Waals surface area contributed by atoms with Crippen molar-refractivity contribution in [3.8, 4) is 0 Å². The number of hydrogen-bond donors (Lipinski definition) is 1. The number of carbonyl (C=O) groups is 3. The van der Waals surface area contributed by atoms with Crippen molar-refractivity contribution in [1.82, 2.24) is 4.98 Å². The van der Waals surface area contributed by atoms with E-state index < -0.39 is 5.92 Å². The molecule has 1 aliphatic rings. The van der Waals surface area contributed by atoms with Gasteiger partial charge in [0.05, 0.1) is 24.6 Å². The van der Waals surface area contributed by atoms with Crippen molar-refractivity contribution in [2.75, 3.05) is 23.4 Å². The number of ether oxygens (including phenoxy) is 1. The number of anilines is 2. The summed E-state index contributed by atoms with van der Waals surface area (Å²) in [7, 11) is 0. The third kappa shape index (κ3) is 4.75. The molecular formula is C20H23N3O4S. The lowest BCUT2D eigenvalue weighted by Gasteiger charge is -2.17. The van der Waals surface area contributed by atoms with E-state index >= 15 is 0 Å². The second-order valence-corrected chi connectivity index (χ2v) is 7.40. The molecule has 0 unspecified atom stereocenters. The van der Waals surface area contributed by atoms with E-state index in [1.807, 2.05) is 24.3 Å². The maximum Gasteiger partial charge on any atom is 0.311 e. The average molecular weight is 401 g/mol. The molecule has 0 saturated carbocycles. The van der Waals surface area contributed by atoms with Gasteiger partial charge in [0.1, 0.15) is 0 Å². The number of benzene rings is 1. The predicted molar refractivity (Wildman–Crippen MR) is 107 cm³/mol. The molecule has 0 bridgehead atoms. The molecular weight excluding hydrogens is 378 g/mol. The Morgan fingerprint density at radius 3 is 2.71 bits per heavy atom. The van der Waals surface area contributed by atoms with Crippen LogP contribution < -0.4 is 10.2 Å². The molecule has 1 aromatic heterocycles. The van der Waals surface area contributed by atoms with Crippen LogP contribution in [0.5, 0.6) is 0 Å². The zero-order valence-electron chi connectivity index (χ0n) is 15.9. The minimum Gasteiger partial charge on any atom is -0.466 e. The third-order valence-corrected chi connectivity index (χ3v) is 5.37. The first kappa shape index (κ1) is 20.0. The monoisotopic (exact) mass is 401 g/mol. The van der Waals surface area contributed by atoms with Crippen molar-refractivity contribution in [2.24, 2.45) is 5.92 Å². The Hall–Kier alpha value is -2.74. The molecule has 1 atom stereocenters. The van der Waals surface area contributed by atoms with E-state index in [2.05, 4.69) is 17.2 Å². The van der Waals surface area contributed by atoms with Crippen LogP contribution >= 0.6 is 11.3 Å². The minimum atomic E-state index is -0.434. The Kier molecular flexibility index (Phi) is 6.41. The molecule has 0 spiro atoms. The summed E-state index contributed by atoms with van der Waals surface area (Å²) in [6, 6.07) is 7.83. The maximum atomic E-state index is 12.6. The summed E-state index contributed by atoms with van der Waals surface area (Å²) in [5.74, 6) is -1.09. The Morgan fingerprint density at radius 1 is 1.29 bits per heavy atom. The van der Waals surface area contributed by atoms with Crippen molar-refractivity contribution in [2.45, 2.75) is 33.1 Å². The first-order chi connectivity index (χ1) is 13.5. The third-order valence-electron chi connectivity index (χ3n) is 4.56. The lowest BCUT2D eigenvalue weighted by molar-refractivity contribution is -0.142. The molecule has 8 heteroatoms. The average Bonchev–Trinajstić information content (AvgIpc) is 3.28. The summed E-state index contributed by atoms with van der Waals surface area (Å²) in [6.45, 7) is 4.49. The van der Waals surface area contributed by atoms with Crippen LogP contribution in [0, 0.1) is 5.92 Å². The molecule has 2 aromatic rings. The van der Waals surface area contributed by atoms with E-state index in [0.717, 1.165) is 12.1 Å². The summed E-state index contributed by atoms with van der Waals surface area (Å²) in [4.78, 5) is 42.3. The molecule has 0 aliphatic carbocycles. The number of aromatic nitrogens is 1. The number of amides is 2. The summed E-state index contributed by atoms with van der Waals surface area (Å²) in [5, 5.41) is 4.89. The molecule has 148 valence electrons. The fourth-order valence-corrected chi connectivity index (χ4v) is 3.77. The highest BCUT2D eigenvalue weighted by Crippen LogP contribution is 2.27. The highest BCUT2D eigenvalue weighted by molar-refractivity contribution is 7.13. The number of carbonyl (C=O) groups excluding carboxylic acids is 3. The largest absolute Gasteiger partial charge is 0.466 e. The van der Waals surface area contributed by atoms with E-state index in [1.165, 1.54) is 16.9 Å². The summed E-state index contributed by atoms with van der Waals surface area (Å²) in [5.41, 5.74) is 2.56. The normalized spacial score (nSPS) is 16.3. The molecule has 1 aliphatic heterocycles. The van der Waals surface area contributed by atoms with Gasteiger partial charge in [0.25, 0.3) is 0 Å². The number of nitrogens with one attached hydrogen (secondary N) is 1. The van der Waals surface area contributed by atoms with Gasteiger partial charge in [-0.15, -0.1) is 11.3 Å². The van der Waals surface area contributed by atoms with Gasteiger partial charge in [0, 0.05) is 24.0 Å². The van der Waals surface area contributed by atoms with E-state index in [-0.39, 0.29) is 30.6 Å². The van der Waals surface area contributed by atoms with Crippen LogP contribution in [0.4, 0.5) is 10.8 Å². The van der Waals surface area contributed by atoms with E-state index in [1.54, 1.807) is 17.2 Å². The Labute approximate surface area is 167 Å². The van der Waals surface area contributed by atoms with Crippen molar-refractivity contribution in [3.63, 3.8) is 0 Å². The fourth-order valence-electron chi connectivity index (χ4n) is 3.06. The second-order valence-electron chi connectivity index (χ2n) is 6.54. The molecule has 7 nitrogen and oxygen atoms in total. The highest BCUT2D eigenvalue weighted by atomic mass is 32.1. The van der Waals surface area contributed by atoms with Gasteiger partial charge >= 0.3 is 5.97 Å². The van der Waals surface area contributed by atoms with Gasteiger partial charge in [-0.05, 0) is 31.0 Å². The number of nitrogens with zero attached hydrogens (tertiary/aromatic N) is 2.